The van der Waals surface area contributed by atoms with Gasteiger partial charge in [0.25, 0.3) is 5.56 Å². The molecule has 0 aliphatic heterocycles. The van der Waals surface area contributed by atoms with E-state index in [1.807, 2.05) is 48.5 Å². The molecule has 0 radical (unpaired) electrons. The fraction of sp³-hybridized carbons (Fsp3) is 0.350. The van der Waals surface area contributed by atoms with Gasteiger partial charge in [0, 0.05) is 118 Å². The van der Waals surface area contributed by atoms with Gasteiger partial charge in [0.05, 0.1) is 111 Å². The van der Waals surface area contributed by atoms with Gasteiger partial charge in [0.2, 0.25) is 11.1 Å². The normalized spacial score (nSPS) is 9.70. The van der Waals surface area contributed by atoms with Gasteiger partial charge in [-0.05, 0) is 227 Å². The van der Waals surface area contributed by atoms with Crippen molar-refractivity contribution in [3.8, 4) is 36.2 Å². The quantitative estimate of drug-likeness (QED) is 0.00334. The topological polar surface area (TPSA) is 597 Å². The average molecular weight is 2070 g/mol. The fourth-order valence-corrected chi connectivity index (χ4v) is 13.5. The van der Waals surface area contributed by atoms with Crippen LogP contribution in [-0.4, -0.2) is 129 Å². The number of carbonyl (C=O) groups is 5. The lowest BCUT2D eigenvalue weighted by Crippen LogP contribution is -2.07. The number of nitrogens with two attached hydrogens (primary N) is 5. The van der Waals surface area contributed by atoms with Gasteiger partial charge in [-0.3, -0.25) is 19.5 Å². The molecule has 776 valence electrons. The number of unbranched alkanes of at least 4 members (excludes halogenated alkanes) is 10. The van der Waals surface area contributed by atoms with Gasteiger partial charge >= 0.3 is 23.9 Å². The van der Waals surface area contributed by atoms with Gasteiger partial charge in [0.15, 0.2) is 16.9 Å². The Morgan fingerprint density at radius 3 is 1.17 bits per heavy atom. The summed E-state index contributed by atoms with van der Waals surface area (Å²) in [6.45, 7) is 8.27. The summed E-state index contributed by atoms with van der Waals surface area (Å²) in [5.41, 5.74) is 41.2. The minimum atomic E-state index is -0.687. The lowest BCUT2D eigenvalue weighted by atomic mass is 10.1. The Kier molecular flexibility index (Phi) is 62.8. The van der Waals surface area contributed by atoms with Crippen molar-refractivity contribution >= 4 is 161 Å². The van der Waals surface area contributed by atoms with E-state index in [1.165, 1.54) is 4.52 Å². The number of nitrogens with one attached hydrogen (secondary N) is 5. The van der Waals surface area contributed by atoms with E-state index < -0.39 is 11.2 Å². The molecule has 14 rings (SSSR count). The molecule has 0 unspecified atom stereocenters. The highest BCUT2D eigenvalue weighted by Gasteiger charge is 2.19. The highest BCUT2D eigenvalue weighted by molar-refractivity contribution is 6.64. The molecule has 0 saturated carbocycles. The van der Waals surface area contributed by atoms with E-state index in [4.69, 9.17) is 121 Å². The number of hydrogen-bond donors (Lipinski definition) is 11. The van der Waals surface area contributed by atoms with Crippen molar-refractivity contribution in [3.63, 3.8) is 0 Å². The third kappa shape index (κ3) is 44.3. The monoisotopic (exact) mass is 2070 g/mol. The maximum atomic E-state index is 12.2. The van der Waals surface area contributed by atoms with Crippen molar-refractivity contribution in [2.45, 2.75) is 215 Å². The molecule has 0 amide bonds. The van der Waals surface area contributed by atoms with Gasteiger partial charge in [-0.25, -0.2) is 33.9 Å². The number of benzene rings is 5. The predicted molar refractivity (Wildman–Crippen MR) is 577 cm³/mol. The van der Waals surface area contributed by atoms with Crippen molar-refractivity contribution in [2.24, 2.45) is 0 Å². The van der Waals surface area contributed by atoms with Crippen LogP contribution in [0, 0.1) is 56.7 Å². The Hall–Kier alpha value is -16.1. The zero-order valence-corrected chi connectivity index (χ0v) is 79.5. The number of nitrogens with zero attached hydrogens (tertiary/aromatic N) is 17. The first-order valence-corrected chi connectivity index (χ1v) is 45.4. The maximum absolute atomic E-state index is 12.2. The molecule has 14 aromatic rings. The first-order chi connectivity index (χ1) is 66.7. The third-order valence-corrected chi connectivity index (χ3v) is 19.9. The maximum Gasteiger partial charge on any atom is 0.338 e. The SMILES string of the molecule is C.C.C.C.C.C.C.CCOC(=O)CC(=O)Cl.CCOC(=O)c1cccc(N)c1.CCOC(=O)c1cccc(Nc2cc(Cl)nc3c(CCCCC#N)cnn23)c1.CCOC(=O)c1cccc(Nc2cc(Nc3cccc(N)c3)nc3c(CCCCC#N)cnn23)c1.N#CCCCCc1cn[nH]c1N.N#CCCCCc1cnn2c(Cl)cc(Cl)nc12.N#CCCCCc1cnn2c(O)cc(=O)[nH]c12.Nc1cccc(N)c1. The number of ether oxygens (including phenoxy) is 4. The van der Waals surface area contributed by atoms with Crippen LogP contribution in [0.4, 0.5) is 63.1 Å². The summed E-state index contributed by atoms with van der Waals surface area (Å²) >= 11 is 22.9. The lowest BCUT2D eigenvalue weighted by molar-refractivity contribution is -0.144. The van der Waals surface area contributed by atoms with Crippen LogP contribution in [0.2, 0.25) is 15.5 Å². The van der Waals surface area contributed by atoms with E-state index in [1.54, 1.807) is 163 Å². The molecule has 0 saturated heterocycles. The second-order valence-corrected chi connectivity index (χ2v) is 31.2. The van der Waals surface area contributed by atoms with Gasteiger partial charge in [-0.2, -0.15) is 65.3 Å². The predicted octanol–water partition coefficient (Wildman–Crippen LogP) is 22.7. The molecule has 0 spiro atoms. The second kappa shape index (κ2) is 70.6. The molecule has 9 aromatic heterocycles. The Morgan fingerprint density at radius 1 is 0.407 bits per heavy atom. The zero-order valence-electron chi connectivity index (χ0n) is 76.5. The number of carbonyl (C=O) groups excluding carboxylic acids is 5. The standard InChI is InChI=1S/C26H27N7O2.C20H20ClN5O2.C11H10Cl2N4.C11H12N4O2.C9H11NO2.C8H12N4.C6H8N2.C5H7ClO3.7CH4/c1-2-35-26(34)18-9-6-11-21(14-18)31-24-16-23(30-22-12-7-10-20(28)15-22)32-25-19(17-29-33(24)25)8-4-3-5-13-27;1-2-28-20(27)14-8-6-9-16(11-14)24-18-12-17(21)25-19-15(13-23-26(18)19)7-4-3-5-10-22;12-9-6-10(13)17-11(16-9)8(7-15-17)4-2-1-3-5-14;12-5-3-1-2-4-8-7-13-15-10(17)6-9(16)14-11(8)15;1-2-12-9(11)7-4-3-5-8(10)6-7;9-5-3-1-2-4-7-6-11-12-8(7)10;7-5-2-1-3-6(8)4-5;1-2-9-5(8)3-4(6)7;;;;;;;/h6-7,9-12,14-17,31H,2-5,8,28H2,1H3,(H,30,32);6,8-9,11-13,24H,2-5,7H2,1H3;6-7H,1-4H2;6-7,17H,1-4H2,(H,14,16);3-6H,2,10H2,1H3;6H,1-4H2,(H3,10,11,12);1-4H,7-8H2;2-3H2,1H3;7*1H4. The van der Waals surface area contributed by atoms with E-state index in [9.17, 15) is 33.9 Å². The van der Waals surface area contributed by atoms with Gasteiger partial charge in [-0.15, -0.1) is 0 Å². The average Bonchev–Trinajstić information content (AvgIpc) is 1.97. The lowest BCUT2D eigenvalue weighted by Gasteiger charge is -2.13. The molecule has 42 heteroatoms. The van der Waals surface area contributed by atoms with Gasteiger partial charge in [0.1, 0.15) is 50.8 Å². The number of anilines is 11. The van der Waals surface area contributed by atoms with Crippen LogP contribution in [0.1, 0.15) is 241 Å². The van der Waals surface area contributed by atoms with Gasteiger partial charge < -0.3 is 73.7 Å². The van der Waals surface area contributed by atoms with Crippen LogP contribution in [0.5, 0.6) is 5.88 Å². The molecule has 0 aliphatic carbocycles. The number of nitrogen functional groups attached to an aromatic ring is 5. The molecule has 16 N–H and O–H groups in total. The van der Waals surface area contributed by atoms with Crippen LogP contribution < -0.4 is 50.2 Å². The molecule has 0 atom stereocenters. The van der Waals surface area contributed by atoms with Crippen molar-refractivity contribution in [3.05, 3.63) is 247 Å². The summed E-state index contributed by atoms with van der Waals surface area (Å²) in [5.74, 6) is 0.749. The molecule has 38 nitrogen and oxygen atoms in total. The van der Waals surface area contributed by atoms with Crippen LogP contribution in [-0.2, 0) is 60.6 Å². The highest BCUT2D eigenvalue weighted by Crippen LogP contribution is 2.30. The van der Waals surface area contributed by atoms with E-state index in [0.717, 1.165) is 136 Å². The first kappa shape index (κ1) is 129. The number of rotatable bonds is 35. The van der Waals surface area contributed by atoms with E-state index in [0.29, 0.717) is 164 Å². The summed E-state index contributed by atoms with van der Waals surface area (Å²) in [4.78, 5) is 82.8. The smallest absolute Gasteiger partial charge is 0.338 e. The van der Waals surface area contributed by atoms with E-state index in [-0.39, 0.29) is 94.4 Å². The Bertz CT molecular complexity index is 6610. The van der Waals surface area contributed by atoms with Crippen molar-refractivity contribution in [2.75, 3.05) is 71.0 Å². The fourth-order valence-electron chi connectivity index (χ4n) is 12.7. The third-order valence-electron chi connectivity index (χ3n) is 19.1. The number of aromatic hydroxyl groups is 1. The molecule has 0 aliphatic rings. The summed E-state index contributed by atoms with van der Waals surface area (Å²) in [7, 11) is 0. The molecule has 0 bridgehead atoms. The summed E-state index contributed by atoms with van der Waals surface area (Å²) in [5, 5.41) is 86.1. The van der Waals surface area contributed by atoms with Crippen LogP contribution in [0.3, 0.4) is 0 Å². The zero-order chi connectivity index (χ0) is 100. The minimum absolute atomic E-state index is 0. The van der Waals surface area contributed by atoms with Crippen LogP contribution in [0.25, 0.3) is 22.6 Å². The molecule has 9 heterocycles. The Balaban J connectivity index is 0.00000170. The van der Waals surface area contributed by atoms with Crippen molar-refractivity contribution in [1.82, 2.24) is 68.6 Å². The van der Waals surface area contributed by atoms with Gasteiger partial charge in [-0.1, -0.05) is 117 Å². The van der Waals surface area contributed by atoms with E-state index in [2.05, 4.69) is 96.6 Å². The molecular formula is C103H135Cl4N27O11. The first-order valence-electron chi connectivity index (χ1n) is 43.9. The highest BCUT2D eigenvalue weighted by atomic mass is 35.5. The van der Waals surface area contributed by atoms with Crippen molar-refractivity contribution in [1.29, 1.82) is 26.3 Å². The number of hydrogen-bond acceptors (Lipinski definition) is 32. The summed E-state index contributed by atoms with van der Waals surface area (Å²) < 4.78 is 25.6. The van der Waals surface area contributed by atoms with E-state index >= 15 is 0 Å². The number of halogens is 4. The minimum Gasteiger partial charge on any atom is -0.493 e. The molecule has 145 heavy (non-hydrogen) atoms. The Labute approximate surface area is 867 Å². The van der Waals surface area contributed by atoms with Crippen LogP contribution in [0.15, 0.2) is 181 Å². The number of aryl methyl sites for hydroxylation is 5. The summed E-state index contributed by atoms with van der Waals surface area (Å²) in [6, 6.07) is 52.3. The number of aromatic nitrogens is 14. The van der Waals surface area contributed by atoms with Crippen LogP contribution >= 0.6 is 46.4 Å². The number of fused-ring (bicyclic) bond motifs is 4. The number of nitriles is 5. The molecule has 5 aromatic carbocycles. The summed E-state index contributed by atoms with van der Waals surface area (Å²) in [6.07, 6.45) is 23.9. The molecule has 0 fully saturated rings. The molecular weight excluding hydrogens is 1930 g/mol. The number of esters is 4. The Morgan fingerprint density at radius 2 is 0.766 bits per heavy atom. The largest absolute Gasteiger partial charge is 0.493 e. The second-order valence-electron chi connectivity index (χ2n) is 29.6. The van der Waals surface area contributed by atoms with Crippen molar-refractivity contribution < 1.29 is 48.0 Å². The number of aromatic amines is 2. The number of H-pyrrole nitrogens is 2.